The van der Waals surface area contributed by atoms with Gasteiger partial charge in [0.25, 0.3) is 0 Å². The third-order valence-electron chi connectivity index (χ3n) is 4.22. The van der Waals surface area contributed by atoms with E-state index in [2.05, 4.69) is 10.6 Å². The Balaban J connectivity index is 2.04. The topological polar surface area (TPSA) is 58.2 Å². The summed E-state index contributed by atoms with van der Waals surface area (Å²) in [4.78, 5) is 25.1. The highest BCUT2D eigenvalue weighted by Gasteiger charge is 2.36. The average Bonchev–Trinajstić information content (AvgIpc) is 2.57. The van der Waals surface area contributed by atoms with Gasteiger partial charge in [0.05, 0.1) is 0 Å². The summed E-state index contributed by atoms with van der Waals surface area (Å²) in [5.41, 5.74) is 2.13. The third-order valence-corrected chi connectivity index (χ3v) is 4.22. The SMILES string of the molecule is Cc1cccc(C)c1NC(=O)C(C)(C)C(=O)NCc1ccc(F)cc1. The fourth-order valence-electron chi connectivity index (χ4n) is 2.39. The van der Waals surface area contributed by atoms with Crippen LogP contribution in [0.15, 0.2) is 42.5 Å². The van der Waals surface area contributed by atoms with E-state index in [-0.39, 0.29) is 24.2 Å². The van der Waals surface area contributed by atoms with E-state index in [0.717, 1.165) is 22.4 Å². The first-order valence-electron chi connectivity index (χ1n) is 8.12. The molecule has 0 saturated heterocycles. The average molecular weight is 342 g/mol. The Hall–Kier alpha value is -2.69. The molecular formula is C20H23FN2O2. The molecule has 2 aromatic carbocycles. The number of para-hydroxylation sites is 1. The Labute approximate surface area is 147 Å². The van der Waals surface area contributed by atoms with Crippen molar-refractivity contribution in [2.45, 2.75) is 34.2 Å². The maximum absolute atomic E-state index is 12.9. The van der Waals surface area contributed by atoms with Gasteiger partial charge in [0, 0.05) is 12.2 Å². The molecule has 132 valence electrons. The van der Waals surface area contributed by atoms with Gasteiger partial charge in [-0.25, -0.2) is 4.39 Å². The van der Waals surface area contributed by atoms with Crippen molar-refractivity contribution in [3.05, 3.63) is 65.0 Å². The predicted molar refractivity (Wildman–Crippen MR) is 96.6 cm³/mol. The molecule has 0 radical (unpaired) electrons. The quantitative estimate of drug-likeness (QED) is 0.814. The zero-order valence-corrected chi connectivity index (χ0v) is 14.9. The molecule has 0 aliphatic heterocycles. The van der Waals surface area contributed by atoms with Crippen molar-refractivity contribution < 1.29 is 14.0 Å². The van der Waals surface area contributed by atoms with Crippen molar-refractivity contribution in [2.75, 3.05) is 5.32 Å². The Morgan fingerprint density at radius 3 is 2.08 bits per heavy atom. The van der Waals surface area contributed by atoms with Crippen LogP contribution in [0.5, 0.6) is 0 Å². The van der Waals surface area contributed by atoms with Crippen LogP contribution >= 0.6 is 0 Å². The standard InChI is InChI=1S/C20H23FN2O2/c1-13-6-5-7-14(2)17(13)23-19(25)20(3,4)18(24)22-12-15-8-10-16(21)11-9-15/h5-11H,12H2,1-4H3,(H,22,24)(H,23,25). The smallest absolute Gasteiger partial charge is 0.239 e. The molecule has 2 rings (SSSR count). The Morgan fingerprint density at radius 2 is 1.52 bits per heavy atom. The van der Waals surface area contributed by atoms with Crippen LogP contribution in [0.2, 0.25) is 0 Å². The van der Waals surface area contributed by atoms with Gasteiger partial charge < -0.3 is 10.6 Å². The Kier molecular flexibility index (Phi) is 5.57. The van der Waals surface area contributed by atoms with Crippen LogP contribution in [0.4, 0.5) is 10.1 Å². The molecule has 0 bridgehead atoms. The Bertz CT molecular complexity index is 763. The molecule has 0 aromatic heterocycles. The summed E-state index contributed by atoms with van der Waals surface area (Å²) in [6.07, 6.45) is 0. The van der Waals surface area contributed by atoms with Crippen LogP contribution in [0.1, 0.15) is 30.5 Å². The molecule has 0 unspecified atom stereocenters. The summed E-state index contributed by atoms with van der Waals surface area (Å²) in [6, 6.07) is 11.6. The number of halogens is 1. The van der Waals surface area contributed by atoms with E-state index in [1.165, 1.54) is 12.1 Å². The van der Waals surface area contributed by atoms with E-state index in [4.69, 9.17) is 0 Å². The van der Waals surface area contributed by atoms with Crippen LogP contribution in [0.3, 0.4) is 0 Å². The van der Waals surface area contributed by atoms with Gasteiger partial charge in [0.1, 0.15) is 11.2 Å². The van der Waals surface area contributed by atoms with Gasteiger partial charge in [-0.15, -0.1) is 0 Å². The largest absolute Gasteiger partial charge is 0.351 e. The lowest BCUT2D eigenvalue weighted by molar-refractivity contribution is -0.138. The second-order valence-electron chi connectivity index (χ2n) is 6.66. The first kappa shape index (κ1) is 18.6. The molecule has 25 heavy (non-hydrogen) atoms. The Morgan fingerprint density at radius 1 is 0.960 bits per heavy atom. The number of nitrogens with one attached hydrogen (secondary N) is 2. The lowest BCUT2D eigenvalue weighted by atomic mass is 9.90. The molecule has 0 heterocycles. The van der Waals surface area contributed by atoms with Gasteiger partial charge in [-0.05, 0) is 56.5 Å². The molecule has 0 spiro atoms. The summed E-state index contributed by atoms with van der Waals surface area (Å²) < 4.78 is 12.9. The van der Waals surface area contributed by atoms with Crippen LogP contribution in [-0.2, 0) is 16.1 Å². The molecule has 0 saturated carbocycles. The third kappa shape index (κ3) is 4.44. The van der Waals surface area contributed by atoms with Crippen molar-refractivity contribution in [1.82, 2.24) is 5.32 Å². The molecule has 0 fully saturated rings. The maximum atomic E-state index is 12.9. The molecule has 0 atom stereocenters. The van der Waals surface area contributed by atoms with E-state index in [0.29, 0.717) is 0 Å². The second kappa shape index (κ2) is 7.47. The second-order valence-corrected chi connectivity index (χ2v) is 6.66. The van der Waals surface area contributed by atoms with Crippen molar-refractivity contribution in [2.24, 2.45) is 5.41 Å². The van der Waals surface area contributed by atoms with Gasteiger partial charge in [0.2, 0.25) is 11.8 Å². The summed E-state index contributed by atoms with van der Waals surface area (Å²) in [7, 11) is 0. The first-order valence-corrected chi connectivity index (χ1v) is 8.12. The fraction of sp³-hybridized carbons (Fsp3) is 0.300. The molecule has 2 amide bonds. The van der Waals surface area contributed by atoms with E-state index in [1.807, 2.05) is 32.0 Å². The van der Waals surface area contributed by atoms with Crippen molar-refractivity contribution >= 4 is 17.5 Å². The van der Waals surface area contributed by atoms with Crippen LogP contribution in [-0.4, -0.2) is 11.8 Å². The number of hydrogen-bond acceptors (Lipinski definition) is 2. The molecule has 4 nitrogen and oxygen atoms in total. The van der Waals surface area contributed by atoms with Gasteiger partial charge in [-0.1, -0.05) is 30.3 Å². The van der Waals surface area contributed by atoms with E-state index >= 15 is 0 Å². The minimum Gasteiger partial charge on any atom is -0.351 e. The van der Waals surface area contributed by atoms with Crippen molar-refractivity contribution in [1.29, 1.82) is 0 Å². The number of amides is 2. The summed E-state index contributed by atoms with van der Waals surface area (Å²) in [6.45, 7) is 7.21. The normalized spacial score (nSPS) is 11.1. The number of benzene rings is 2. The molecule has 0 aliphatic rings. The lowest BCUT2D eigenvalue weighted by Gasteiger charge is -2.24. The van der Waals surface area contributed by atoms with E-state index in [9.17, 15) is 14.0 Å². The molecule has 5 heteroatoms. The molecule has 2 aromatic rings. The van der Waals surface area contributed by atoms with Crippen molar-refractivity contribution in [3.63, 3.8) is 0 Å². The zero-order valence-electron chi connectivity index (χ0n) is 14.9. The highest BCUT2D eigenvalue weighted by Crippen LogP contribution is 2.24. The van der Waals surface area contributed by atoms with Crippen LogP contribution in [0.25, 0.3) is 0 Å². The summed E-state index contributed by atoms with van der Waals surface area (Å²) in [5, 5.41) is 5.59. The number of carbonyl (C=O) groups excluding carboxylic acids is 2. The fourth-order valence-corrected chi connectivity index (χ4v) is 2.39. The van der Waals surface area contributed by atoms with Gasteiger partial charge in [0.15, 0.2) is 0 Å². The molecule has 2 N–H and O–H groups in total. The van der Waals surface area contributed by atoms with Crippen LogP contribution < -0.4 is 10.6 Å². The first-order chi connectivity index (χ1) is 11.7. The number of hydrogen-bond donors (Lipinski definition) is 2. The highest BCUT2D eigenvalue weighted by molar-refractivity contribution is 6.10. The van der Waals surface area contributed by atoms with Crippen molar-refractivity contribution in [3.8, 4) is 0 Å². The summed E-state index contributed by atoms with van der Waals surface area (Å²) in [5.74, 6) is -1.09. The highest BCUT2D eigenvalue weighted by atomic mass is 19.1. The van der Waals surface area contributed by atoms with Gasteiger partial charge >= 0.3 is 0 Å². The van der Waals surface area contributed by atoms with Gasteiger partial charge in [-0.3, -0.25) is 9.59 Å². The number of anilines is 1. The van der Waals surface area contributed by atoms with Crippen LogP contribution in [0, 0.1) is 25.1 Å². The number of rotatable bonds is 5. The lowest BCUT2D eigenvalue weighted by Crippen LogP contribution is -2.45. The number of carbonyl (C=O) groups is 2. The van der Waals surface area contributed by atoms with E-state index in [1.54, 1.807) is 26.0 Å². The minimum absolute atomic E-state index is 0.235. The monoisotopic (exact) mass is 342 g/mol. The molecule has 0 aliphatic carbocycles. The summed E-state index contributed by atoms with van der Waals surface area (Å²) >= 11 is 0. The maximum Gasteiger partial charge on any atom is 0.239 e. The molecular weight excluding hydrogens is 319 g/mol. The zero-order chi connectivity index (χ0) is 18.6. The minimum atomic E-state index is -1.24. The number of aryl methyl sites for hydroxylation is 2. The van der Waals surface area contributed by atoms with Gasteiger partial charge in [-0.2, -0.15) is 0 Å². The predicted octanol–water partition coefficient (Wildman–Crippen LogP) is 3.72. The van der Waals surface area contributed by atoms with E-state index < -0.39 is 5.41 Å².